The molecule has 1 unspecified atom stereocenters. The minimum absolute atomic E-state index is 0.151. The van der Waals surface area contributed by atoms with Crippen LogP contribution in [-0.4, -0.2) is 43.9 Å². The highest BCUT2D eigenvalue weighted by molar-refractivity contribution is 4.90. The molecule has 1 heterocycles. The van der Waals surface area contributed by atoms with Gasteiger partial charge in [0, 0.05) is 26.2 Å². The molecular weight excluding hydrogens is 357 g/mol. The van der Waals surface area contributed by atoms with Crippen LogP contribution in [0.4, 0.5) is 30.7 Å². The van der Waals surface area contributed by atoms with Gasteiger partial charge in [0.05, 0.1) is 6.10 Å². The second-order valence-electron chi connectivity index (χ2n) is 6.33. The highest BCUT2D eigenvalue weighted by Crippen LogP contribution is 2.48. The van der Waals surface area contributed by atoms with Gasteiger partial charge in [0.15, 0.2) is 0 Å². The zero-order valence-electron chi connectivity index (χ0n) is 14.0. The fraction of sp³-hybridized carbons (Fsp3) is 1.00. The number of hydrogen-bond acceptors (Lipinski definition) is 2. The second kappa shape index (κ2) is 9.94. The van der Waals surface area contributed by atoms with Gasteiger partial charge in [0.25, 0.3) is 0 Å². The van der Waals surface area contributed by atoms with Gasteiger partial charge in [0.1, 0.15) is 0 Å². The van der Waals surface area contributed by atoms with Crippen LogP contribution < -0.4 is 0 Å². The highest BCUT2D eigenvalue weighted by Gasteiger charge is 2.72. The molecule has 1 fully saturated rings. The summed E-state index contributed by atoms with van der Waals surface area (Å²) in [6, 6.07) is 0. The summed E-state index contributed by atoms with van der Waals surface area (Å²) in [7, 11) is 0. The first-order chi connectivity index (χ1) is 11.6. The van der Waals surface area contributed by atoms with E-state index in [4.69, 9.17) is 9.47 Å². The second-order valence-corrected chi connectivity index (χ2v) is 6.33. The Morgan fingerprint density at radius 2 is 1.52 bits per heavy atom. The van der Waals surface area contributed by atoms with Crippen molar-refractivity contribution in [1.29, 1.82) is 0 Å². The van der Waals surface area contributed by atoms with Crippen LogP contribution >= 0.6 is 0 Å². The van der Waals surface area contributed by atoms with E-state index in [1.54, 1.807) is 0 Å². The van der Waals surface area contributed by atoms with Crippen molar-refractivity contribution in [2.24, 2.45) is 0 Å². The first kappa shape index (κ1) is 22.5. The lowest BCUT2D eigenvalue weighted by Gasteiger charge is -2.28. The predicted octanol–water partition coefficient (Wildman–Crippen LogP) is 5.75. The quantitative estimate of drug-likeness (QED) is 0.335. The normalized spacial score (nSPS) is 20.0. The smallest absolute Gasteiger partial charge is 0.381 e. The summed E-state index contributed by atoms with van der Waals surface area (Å²) in [4.78, 5) is 0. The molecule has 0 saturated carbocycles. The van der Waals surface area contributed by atoms with Crippen LogP contribution in [0.25, 0.3) is 0 Å². The van der Waals surface area contributed by atoms with Crippen molar-refractivity contribution < 1.29 is 40.2 Å². The molecule has 0 bridgehead atoms. The number of alkyl halides is 7. The van der Waals surface area contributed by atoms with E-state index >= 15 is 0 Å². The van der Waals surface area contributed by atoms with Crippen LogP contribution in [0.15, 0.2) is 0 Å². The molecule has 0 aromatic rings. The summed E-state index contributed by atoms with van der Waals surface area (Å²) in [5, 5.41) is 0. The Labute approximate surface area is 143 Å². The molecule has 9 heteroatoms. The van der Waals surface area contributed by atoms with Gasteiger partial charge in [-0.15, -0.1) is 0 Å². The third-order valence-electron chi connectivity index (χ3n) is 4.20. The number of ether oxygens (including phenoxy) is 2. The van der Waals surface area contributed by atoms with Crippen molar-refractivity contribution in [3.05, 3.63) is 0 Å². The molecule has 0 spiro atoms. The van der Waals surface area contributed by atoms with E-state index in [-0.39, 0.29) is 12.5 Å². The van der Waals surface area contributed by atoms with E-state index in [9.17, 15) is 30.7 Å². The minimum Gasteiger partial charge on any atom is -0.381 e. The van der Waals surface area contributed by atoms with Gasteiger partial charge in [-0.1, -0.05) is 12.8 Å². The Bertz CT molecular complexity index is 366. The van der Waals surface area contributed by atoms with Gasteiger partial charge in [0.2, 0.25) is 0 Å². The van der Waals surface area contributed by atoms with E-state index in [0.29, 0.717) is 26.1 Å². The molecule has 0 radical (unpaired) electrons. The van der Waals surface area contributed by atoms with Crippen molar-refractivity contribution in [3.8, 4) is 0 Å². The lowest BCUT2D eigenvalue weighted by atomic mass is 10.0. The molecule has 0 aliphatic carbocycles. The Hall–Kier alpha value is -0.570. The topological polar surface area (TPSA) is 18.5 Å². The Balaban J connectivity index is 2.04. The molecule has 1 atom stereocenters. The van der Waals surface area contributed by atoms with Gasteiger partial charge >= 0.3 is 18.0 Å². The summed E-state index contributed by atoms with van der Waals surface area (Å²) in [5.41, 5.74) is 0. The van der Waals surface area contributed by atoms with E-state index < -0.39 is 30.9 Å². The molecule has 1 aliphatic rings. The standard InChI is InChI=1S/C16H25F7O2/c17-14(18,15(19,20)16(21,22)23)9-4-1-2-5-10-24-12-8-13-7-3-6-11-25-13/h13H,1-12H2. The van der Waals surface area contributed by atoms with Crippen LogP contribution in [0.1, 0.15) is 57.8 Å². The summed E-state index contributed by atoms with van der Waals surface area (Å²) < 4.78 is 98.2. The van der Waals surface area contributed by atoms with Crippen molar-refractivity contribution in [1.82, 2.24) is 0 Å². The predicted molar refractivity (Wildman–Crippen MR) is 78.1 cm³/mol. The monoisotopic (exact) mass is 382 g/mol. The number of rotatable bonds is 11. The SMILES string of the molecule is FC(F)(F)C(F)(F)C(F)(F)CCCCCCOCCC1CCCCO1. The summed E-state index contributed by atoms with van der Waals surface area (Å²) in [5.74, 6) is -11.1. The molecular formula is C16H25F7O2. The fourth-order valence-corrected chi connectivity index (χ4v) is 2.62. The van der Waals surface area contributed by atoms with Gasteiger partial charge < -0.3 is 9.47 Å². The largest absolute Gasteiger partial charge is 0.459 e. The zero-order valence-corrected chi connectivity index (χ0v) is 14.0. The van der Waals surface area contributed by atoms with Crippen molar-refractivity contribution in [2.75, 3.05) is 19.8 Å². The number of unbranched alkanes of at least 4 members (excludes halogenated alkanes) is 3. The molecule has 0 amide bonds. The van der Waals surface area contributed by atoms with E-state index in [1.165, 1.54) is 0 Å². The Kier molecular flexibility index (Phi) is 8.94. The number of halogens is 7. The van der Waals surface area contributed by atoms with Crippen LogP contribution in [0.2, 0.25) is 0 Å². The first-order valence-electron chi connectivity index (χ1n) is 8.59. The number of hydrogen-bond donors (Lipinski definition) is 0. The molecule has 150 valence electrons. The van der Waals surface area contributed by atoms with Crippen LogP contribution in [0.5, 0.6) is 0 Å². The molecule has 0 aromatic carbocycles. The third kappa shape index (κ3) is 7.29. The molecule has 1 rings (SSSR count). The van der Waals surface area contributed by atoms with E-state index in [0.717, 1.165) is 32.3 Å². The molecule has 1 aliphatic heterocycles. The van der Waals surface area contributed by atoms with Crippen molar-refractivity contribution in [3.63, 3.8) is 0 Å². The first-order valence-corrected chi connectivity index (χ1v) is 8.59. The zero-order chi connectivity index (χ0) is 19.0. The molecule has 25 heavy (non-hydrogen) atoms. The average molecular weight is 382 g/mol. The lowest BCUT2D eigenvalue weighted by molar-refractivity contribution is -0.355. The maximum atomic E-state index is 13.0. The molecule has 0 N–H and O–H groups in total. The van der Waals surface area contributed by atoms with Gasteiger partial charge in [-0.05, 0) is 38.5 Å². The summed E-state index contributed by atoms with van der Waals surface area (Å²) in [6.45, 7) is 1.70. The molecule has 0 aromatic heterocycles. The summed E-state index contributed by atoms with van der Waals surface area (Å²) >= 11 is 0. The molecule has 2 nitrogen and oxygen atoms in total. The fourth-order valence-electron chi connectivity index (χ4n) is 2.62. The van der Waals surface area contributed by atoms with Gasteiger partial charge in [-0.2, -0.15) is 30.7 Å². The maximum Gasteiger partial charge on any atom is 0.459 e. The van der Waals surface area contributed by atoms with Gasteiger partial charge in [-0.3, -0.25) is 0 Å². The van der Waals surface area contributed by atoms with Crippen LogP contribution in [0.3, 0.4) is 0 Å². The van der Waals surface area contributed by atoms with Crippen LogP contribution in [0, 0.1) is 0 Å². The minimum atomic E-state index is -6.24. The Morgan fingerprint density at radius 3 is 2.12 bits per heavy atom. The van der Waals surface area contributed by atoms with Crippen LogP contribution in [-0.2, 0) is 9.47 Å². The average Bonchev–Trinajstić information content (AvgIpc) is 2.53. The van der Waals surface area contributed by atoms with Crippen molar-refractivity contribution in [2.45, 2.75) is 81.9 Å². The maximum absolute atomic E-state index is 13.0. The van der Waals surface area contributed by atoms with Gasteiger partial charge in [-0.25, -0.2) is 0 Å². The van der Waals surface area contributed by atoms with E-state index in [2.05, 4.69) is 0 Å². The Morgan fingerprint density at radius 1 is 0.840 bits per heavy atom. The highest BCUT2D eigenvalue weighted by atomic mass is 19.4. The molecule has 1 saturated heterocycles. The lowest BCUT2D eigenvalue weighted by Crippen LogP contribution is -2.51. The van der Waals surface area contributed by atoms with E-state index in [1.807, 2.05) is 0 Å². The third-order valence-corrected chi connectivity index (χ3v) is 4.20. The van der Waals surface area contributed by atoms with Crippen molar-refractivity contribution >= 4 is 0 Å². The summed E-state index contributed by atoms with van der Waals surface area (Å²) in [6.07, 6.45) is -2.75.